The zero-order valence-corrected chi connectivity index (χ0v) is 22.9. The number of benzene rings is 3. The lowest BCUT2D eigenvalue weighted by molar-refractivity contribution is 0.0904. The molecule has 204 valence electrons. The van der Waals surface area contributed by atoms with E-state index in [0.717, 1.165) is 59.8 Å². The molecule has 0 aliphatic carbocycles. The molecule has 0 atom stereocenters. The maximum Gasteiger partial charge on any atom is 0.270 e. The number of methoxy groups -OCH3 is 1. The van der Waals surface area contributed by atoms with Crippen molar-refractivity contribution in [1.82, 2.24) is 20.2 Å². The Bertz CT molecular complexity index is 1640. The van der Waals surface area contributed by atoms with Gasteiger partial charge in [0.2, 0.25) is 0 Å². The van der Waals surface area contributed by atoms with Crippen LogP contribution in [0.4, 0.5) is 0 Å². The van der Waals surface area contributed by atoms with E-state index in [4.69, 9.17) is 14.5 Å². The number of nitrogens with one attached hydrogen (secondary N) is 2. The normalized spacial score (nSPS) is 14.4. The van der Waals surface area contributed by atoms with Crippen molar-refractivity contribution in [3.05, 3.63) is 90.1 Å². The van der Waals surface area contributed by atoms with E-state index in [1.807, 2.05) is 55.5 Å². The van der Waals surface area contributed by atoms with Crippen molar-refractivity contribution in [2.24, 2.45) is 0 Å². The fraction of sp³-hybridized carbons (Fsp3) is 0.273. The number of hydrogen-bond acceptors (Lipinski definition) is 5. The van der Waals surface area contributed by atoms with E-state index in [9.17, 15) is 4.79 Å². The van der Waals surface area contributed by atoms with Gasteiger partial charge in [-0.2, -0.15) is 0 Å². The summed E-state index contributed by atoms with van der Waals surface area (Å²) in [5.41, 5.74) is 5.17. The van der Waals surface area contributed by atoms with Crippen molar-refractivity contribution in [2.75, 3.05) is 26.8 Å². The summed E-state index contributed by atoms with van der Waals surface area (Å²) in [7, 11) is 1.63. The predicted octanol–water partition coefficient (Wildman–Crippen LogP) is 6.18. The van der Waals surface area contributed by atoms with E-state index in [1.54, 1.807) is 7.11 Å². The summed E-state index contributed by atoms with van der Waals surface area (Å²) in [6.45, 7) is 5.33. The Labute approximate surface area is 234 Å². The molecule has 40 heavy (non-hydrogen) atoms. The van der Waals surface area contributed by atoms with E-state index >= 15 is 0 Å². The Balaban J connectivity index is 1.28. The SMILES string of the molecule is CCOc1ccc(-c2nc(C(=O)NC3CCN(Cc4ccccc4)CC3)cc3c2[nH]c2ccccc23)cc1OC. The molecule has 1 saturated heterocycles. The van der Waals surface area contributed by atoms with E-state index in [1.165, 1.54) is 5.56 Å². The van der Waals surface area contributed by atoms with Crippen molar-refractivity contribution in [3.63, 3.8) is 0 Å². The number of aromatic nitrogens is 2. The van der Waals surface area contributed by atoms with Crippen LogP contribution in [-0.2, 0) is 6.54 Å². The molecular formula is C33H34N4O3. The molecule has 0 bridgehead atoms. The molecule has 0 saturated carbocycles. The Hall–Kier alpha value is -4.36. The first kappa shape index (κ1) is 25.9. The number of pyridine rings is 1. The summed E-state index contributed by atoms with van der Waals surface area (Å²) in [6.07, 6.45) is 1.83. The third kappa shape index (κ3) is 5.25. The van der Waals surface area contributed by atoms with Crippen LogP contribution in [0.3, 0.4) is 0 Å². The van der Waals surface area contributed by atoms with Crippen LogP contribution >= 0.6 is 0 Å². The van der Waals surface area contributed by atoms with Crippen LogP contribution in [-0.4, -0.2) is 53.6 Å². The van der Waals surface area contributed by atoms with Crippen LogP contribution in [0.1, 0.15) is 35.8 Å². The molecule has 3 heterocycles. The third-order valence-corrected chi connectivity index (χ3v) is 7.64. The number of H-pyrrole nitrogens is 1. The highest BCUT2D eigenvalue weighted by Gasteiger charge is 2.23. The van der Waals surface area contributed by atoms with Gasteiger partial charge in [0.25, 0.3) is 5.91 Å². The second-order valence-electron chi connectivity index (χ2n) is 10.3. The maximum atomic E-state index is 13.6. The fourth-order valence-corrected chi connectivity index (χ4v) is 5.60. The fourth-order valence-electron chi connectivity index (χ4n) is 5.60. The van der Waals surface area contributed by atoms with Crippen LogP contribution in [0.5, 0.6) is 11.5 Å². The number of piperidine rings is 1. The van der Waals surface area contributed by atoms with Crippen molar-refractivity contribution in [3.8, 4) is 22.8 Å². The lowest BCUT2D eigenvalue weighted by Crippen LogP contribution is -2.44. The van der Waals surface area contributed by atoms with Gasteiger partial charge < -0.3 is 19.8 Å². The lowest BCUT2D eigenvalue weighted by atomic mass is 10.0. The summed E-state index contributed by atoms with van der Waals surface area (Å²) in [6, 6.07) is 26.5. The van der Waals surface area contributed by atoms with Gasteiger partial charge >= 0.3 is 0 Å². The summed E-state index contributed by atoms with van der Waals surface area (Å²) >= 11 is 0. The zero-order valence-electron chi connectivity index (χ0n) is 22.9. The molecule has 0 spiro atoms. The molecule has 0 radical (unpaired) electrons. The van der Waals surface area contributed by atoms with Gasteiger partial charge in [0.1, 0.15) is 5.69 Å². The molecule has 1 aliphatic rings. The largest absolute Gasteiger partial charge is 0.493 e. The monoisotopic (exact) mass is 534 g/mol. The standard InChI is InChI=1S/C33H34N4O3/c1-3-40-29-14-13-23(19-30(29)39-2)31-32-26(25-11-7-8-12-27(25)35-32)20-28(36-31)33(38)34-24-15-17-37(18-16-24)21-22-9-5-4-6-10-22/h4-14,19-20,24,35H,3,15-18,21H2,1-2H3,(H,34,38). The van der Waals surface area contributed by atoms with Crippen LogP contribution in [0.2, 0.25) is 0 Å². The van der Waals surface area contributed by atoms with Crippen molar-refractivity contribution < 1.29 is 14.3 Å². The van der Waals surface area contributed by atoms with Gasteiger partial charge in [-0.3, -0.25) is 9.69 Å². The van der Waals surface area contributed by atoms with Gasteiger partial charge in [-0.1, -0.05) is 48.5 Å². The molecule has 7 heteroatoms. The molecule has 1 fully saturated rings. The van der Waals surface area contributed by atoms with Crippen LogP contribution in [0.15, 0.2) is 78.9 Å². The summed E-state index contributed by atoms with van der Waals surface area (Å²) < 4.78 is 11.3. The third-order valence-electron chi connectivity index (χ3n) is 7.64. The van der Waals surface area contributed by atoms with Gasteiger partial charge in [-0.05, 0) is 55.7 Å². The molecule has 6 rings (SSSR count). The average Bonchev–Trinajstić information content (AvgIpc) is 3.37. The molecule has 1 amide bonds. The molecule has 2 aromatic heterocycles. The number of likely N-dealkylation sites (tertiary alicyclic amines) is 1. The summed E-state index contributed by atoms with van der Waals surface area (Å²) in [5.74, 6) is 1.16. The van der Waals surface area contributed by atoms with Crippen LogP contribution in [0, 0.1) is 0 Å². The number of hydrogen-bond donors (Lipinski definition) is 2. The van der Waals surface area contributed by atoms with Gasteiger partial charge in [0.05, 0.1) is 24.9 Å². The van der Waals surface area contributed by atoms with Gasteiger partial charge in [0.15, 0.2) is 11.5 Å². The Morgan fingerprint density at radius 2 is 1.75 bits per heavy atom. The van der Waals surface area contributed by atoms with Crippen LogP contribution in [0.25, 0.3) is 33.1 Å². The number of para-hydroxylation sites is 1. The van der Waals surface area contributed by atoms with E-state index < -0.39 is 0 Å². The number of carbonyl (C=O) groups is 1. The Kier molecular flexibility index (Phi) is 7.38. The second-order valence-corrected chi connectivity index (χ2v) is 10.3. The molecule has 1 aliphatic heterocycles. The minimum Gasteiger partial charge on any atom is -0.493 e. The summed E-state index contributed by atoms with van der Waals surface area (Å²) in [5, 5.41) is 5.30. The highest BCUT2D eigenvalue weighted by atomic mass is 16.5. The minimum absolute atomic E-state index is 0.119. The average molecular weight is 535 g/mol. The quantitative estimate of drug-likeness (QED) is 0.248. The smallest absolute Gasteiger partial charge is 0.270 e. The molecule has 2 N–H and O–H groups in total. The number of ether oxygens (including phenoxy) is 2. The Morgan fingerprint density at radius 1 is 0.975 bits per heavy atom. The molecular weight excluding hydrogens is 500 g/mol. The number of nitrogens with zero attached hydrogens (tertiary/aromatic N) is 2. The van der Waals surface area contributed by atoms with Gasteiger partial charge in [-0.15, -0.1) is 0 Å². The van der Waals surface area contributed by atoms with Gasteiger partial charge in [-0.25, -0.2) is 4.98 Å². The molecule has 3 aromatic carbocycles. The highest BCUT2D eigenvalue weighted by Crippen LogP contribution is 2.37. The Morgan fingerprint density at radius 3 is 2.52 bits per heavy atom. The second kappa shape index (κ2) is 11.4. The number of aromatic amines is 1. The first-order chi connectivity index (χ1) is 19.6. The number of carbonyl (C=O) groups excluding carboxylic acids is 1. The maximum absolute atomic E-state index is 13.6. The number of fused-ring (bicyclic) bond motifs is 3. The predicted molar refractivity (Wildman–Crippen MR) is 159 cm³/mol. The lowest BCUT2D eigenvalue weighted by Gasteiger charge is -2.32. The first-order valence-corrected chi connectivity index (χ1v) is 13.9. The first-order valence-electron chi connectivity index (χ1n) is 13.9. The highest BCUT2D eigenvalue weighted by molar-refractivity contribution is 6.13. The van der Waals surface area contributed by atoms with Crippen molar-refractivity contribution >= 4 is 27.7 Å². The topological polar surface area (TPSA) is 79.5 Å². The number of amides is 1. The van der Waals surface area contributed by atoms with E-state index in [2.05, 4.69) is 45.5 Å². The molecule has 0 unspecified atom stereocenters. The summed E-state index contributed by atoms with van der Waals surface area (Å²) in [4.78, 5) is 24.5. The van der Waals surface area contributed by atoms with E-state index in [0.29, 0.717) is 29.5 Å². The minimum atomic E-state index is -0.146. The molecule has 7 nitrogen and oxygen atoms in total. The molecule has 5 aromatic rings. The van der Waals surface area contributed by atoms with Crippen molar-refractivity contribution in [1.29, 1.82) is 0 Å². The number of rotatable bonds is 8. The zero-order chi connectivity index (χ0) is 27.5. The van der Waals surface area contributed by atoms with E-state index in [-0.39, 0.29) is 11.9 Å². The van der Waals surface area contributed by atoms with Crippen molar-refractivity contribution in [2.45, 2.75) is 32.4 Å². The van der Waals surface area contributed by atoms with Gasteiger partial charge in [0, 0.05) is 47.5 Å². The van der Waals surface area contributed by atoms with Crippen LogP contribution < -0.4 is 14.8 Å².